The second-order valence-electron chi connectivity index (χ2n) is 5.82. The number of aromatic nitrogens is 2. The fourth-order valence-corrected chi connectivity index (χ4v) is 2.65. The zero-order chi connectivity index (χ0) is 16.2. The average molecular weight is 307 g/mol. The largest absolute Gasteiger partial charge is 0.309 e. The van der Waals surface area contributed by atoms with E-state index in [2.05, 4.69) is 53.0 Å². The Bertz CT molecular complexity index is 852. The molecule has 0 radical (unpaired) electrons. The lowest BCUT2D eigenvalue weighted by Crippen LogP contribution is -2.25. The van der Waals surface area contributed by atoms with E-state index in [0.29, 0.717) is 17.8 Å². The molecule has 0 spiro atoms. The number of nitrogens with zero attached hydrogens (tertiary/aromatic N) is 2. The van der Waals surface area contributed by atoms with Gasteiger partial charge in [0, 0.05) is 6.54 Å². The van der Waals surface area contributed by atoms with Crippen LogP contribution in [0.5, 0.6) is 0 Å². The van der Waals surface area contributed by atoms with E-state index in [1.807, 2.05) is 18.2 Å². The highest BCUT2D eigenvalue weighted by molar-refractivity contribution is 5.77. The first kappa shape index (κ1) is 15.4. The van der Waals surface area contributed by atoms with Gasteiger partial charge in [0.2, 0.25) is 0 Å². The zero-order valence-corrected chi connectivity index (χ0v) is 13.5. The van der Waals surface area contributed by atoms with Crippen molar-refractivity contribution < 1.29 is 0 Å². The van der Waals surface area contributed by atoms with Gasteiger partial charge in [-0.05, 0) is 31.2 Å². The van der Waals surface area contributed by atoms with Crippen LogP contribution in [0.25, 0.3) is 10.9 Å². The van der Waals surface area contributed by atoms with Crippen LogP contribution in [0.4, 0.5) is 0 Å². The highest BCUT2D eigenvalue weighted by atomic mass is 16.1. The van der Waals surface area contributed by atoms with E-state index in [4.69, 9.17) is 0 Å². The summed E-state index contributed by atoms with van der Waals surface area (Å²) in [4.78, 5) is 21.9. The number of benzene rings is 2. The molecule has 0 aliphatic carbocycles. The maximum Gasteiger partial charge on any atom is 0.258 e. The molecule has 2 aromatic carbocycles. The predicted molar refractivity (Wildman–Crippen MR) is 93.3 cm³/mol. The van der Waals surface area contributed by atoms with E-state index in [1.165, 1.54) is 11.1 Å². The fourth-order valence-electron chi connectivity index (χ4n) is 2.65. The summed E-state index contributed by atoms with van der Waals surface area (Å²) in [7, 11) is 0. The maximum atomic E-state index is 12.2. The van der Waals surface area contributed by atoms with Crippen LogP contribution in [-0.4, -0.2) is 21.4 Å². The van der Waals surface area contributed by atoms with Gasteiger partial charge >= 0.3 is 0 Å². The van der Waals surface area contributed by atoms with Crippen molar-refractivity contribution in [1.82, 2.24) is 14.9 Å². The van der Waals surface area contributed by atoms with Crippen molar-refractivity contribution >= 4 is 10.9 Å². The first-order valence-electron chi connectivity index (χ1n) is 7.91. The van der Waals surface area contributed by atoms with E-state index in [9.17, 15) is 4.79 Å². The third-order valence-corrected chi connectivity index (χ3v) is 4.01. The molecule has 23 heavy (non-hydrogen) atoms. The molecule has 1 heterocycles. The molecule has 0 aliphatic rings. The molecule has 3 rings (SSSR count). The van der Waals surface area contributed by atoms with Gasteiger partial charge < -0.3 is 4.98 Å². The molecule has 3 aromatic rings. The third-order valence-electron chi connectivity index (χ3n) is 4.01. The number of hydrogen-bond acceptors (Lipinski definition) is 3. The molecular formula is C19H21N3O. The topological polar surface area (TPSA) is 49.0 Å². The van der Waals surface area contributed by atoms with Crippen molar-refractivity contribution in [2.45, 2.75) is 26.9 Å². The van der Waals surface area contributed by atoms with Gasteiger partial charge in [0.15, 0.2) is 0 Å². The van der Waals surface area contributed by atoms with Gasteiger partial charge in [-0.15, -0.1) is 0 Å². The number of rotatable bonds is 5. The molecule has 1 N–H and O–H groups in total. The summed E-state index contributed by atoms with van der Waals surface area (Å²) in [6.45, 7) is 6.57. The van der Waals surface area contributed by atoms with Crippen LogP contribution in [0.15, 0.2) is 53.3 Å². The molecule has 118 valence electrons. The monoisotopic (exact) mass is 307 g/mol. The van der Waals surface area contributed by atoms with E-state index in [0.717, 1.165) is 18.6 Å². The Balaban J connectivity index is 1.81. The van der Waals surface area contributed by atoms with Crippen LogP contribution >= 0.6 is 0 Å². The van der Waals surface area contributed by atoms with Gasteiger partial charge in [0.25, 0.3) is 5.56 Å². The molecule has 4 heteroatoms. The zero-order valence-electron chi connectivity index (χ0n) is 13.5. The number of H-pyrrole nitrogens is 1. The Morgan fingerprint density at radius 2 is 1.78 bits per heavy atom. The molecule has 0 atom stereocenters. The molecule has 0 amide bonds. The quantitative estimate of drug-likeness (QED) is 0.787. The van der Waals surface area contributed by atoms with Crippen molar-refractivity contribution in [3.8, 4) is 0 Å². The minimum absolute atomic E-state index is 0.0722. The lowest BCUT2D eigenvalue weighted by Gasteiger charge is -2.20. The Morgan fingerprint density at radius 3 is 2.52 bits per heavy atom. The molecule has 0 fully saturated rings. The van der Waals surface area contributed by atoms with Crippen LogP contribution in [-0.2, 0) is 13.1 Å². The number of fused-ring (bicyclic) bond motifs is 1. The van der Waals surface area contributed by atoms with Crippen molar-refractivity contribution in [3.63, 3.8) is 0 Å². The summed E-state index contributed by atoms with van der Waals surface area (Å²) in [5.41, 5.74) is 3.20. The molecule has 0 saturated carbocycles. The van der Waals surface area contributed by atoms with Crippen molar-refractivity contribution in [3.05, 3.63) is 75.8 Å². The summed E-state index contributed by atoms with van der Waals surface area (Å²) >= 11 is 0. The van der Waals surface area contributed by atoms with Gasteiger partial charge in [-0.25, -0.2) is 4.98 Å². The van der Waals surface area contributed by atoms with Gasteiger partial charge in [-0.1, -0.05) is 48.9 Å². The van der Waals surface area contributed by atoms with Gasteiger partial charge in [0.05, 0.1) is 17.4 Å². The van der Waals surface area contributed by atoms with Crippen molar-refractivity contribution in [2.75, 3.05) is 6.54 Å². The minimum atomic E-state index is -0.0722. The molecular weight excluding hydrogens is 286 g/mol. The standard InChI is InChI=1S/C19H21N3O/c1-3-22(12-15-10-8-14(2)9-11-15)13-18-20-17-7-5-4-6-16(17)19(23)21-18/h4-11H,3,12-13H2,1-2H3,(H,20,21,23). The van der Waals surface area contributed by atoms with Crippen LogP contribution in [0.1, 0.15) is 23.9 Å². The summed E-state index contributed by atoms with van der Waals surface area (Å²) in [6, 6.07) is 16.0. The van der Waals surface area contributed by atoms with Crippen LogP contribution in [0.3, 0.4) is 0 Å². The summed E-state index contributed by atoms with van der Waals surface area (Å²) in [5.74, 6) is 0.711. The van der Waals surface area contributed by atoms with E-state index >= 15 is 0 Å². The Kier molecular flexibility index (Phi) is 4.53. The maximum absolute atomic E-state index is 12.2. The molecule has 0 aliphatic heterocycles. The third kappa shape index (κ3) is 3.66. The second-order valence-corrected chi connectivity index (χ2v) is 5.82. The van der Waals surface area contributed by atoms with Gasteiger partial charge in [-0.2, -0.15) is 0 Å². The second kappa shape index (κ2) is 6.75. The summed E-state index contributed by atoms with van der Waals surface area (Å²) in [6.07, 6.45) is 0. The normalized spacial score (nSPS) is 11.3. The lowest BCUT2D eigenvalue weighted by molar-refractivity contribution is 0.264. The minimum Gasteiger partial charge on any atom is -0.309 e. The lowest BCUT2D eigenvalue weighted by atomic mass is 10.1. The Labute approximate surface area is 135 Å². The van der Waals surface area contributed by atoms with E-state index < -0.39 is 0 Å². The Morgan fingerprint density at radius 1 is 1.04 bits per heavy atom. The molecule has 0 unspecified atom stereocenters. The number of hydrogen-bond donors (Lipinski definition) is 1. The van der Waals surface area contributed by atoms with E-state index in [-0.39, 0.29) is 5.56 Å². The van der Waals surface area contributed by atoms with Crippen molar-refractivity contribution in [1.29, 1.82) is 0 Å². The van der Waals surface area contributed by atoms with E-state index in [1.54, 1.807) is 6.07 Å². The highest BCUT2D eigenvalue weighted by Gasteiger charge is 2.09. The smallest absolute Gasteiger partial charge is 0.258 e. The summed E-state index contributed by atoms with van der Waals surface area (Å²) in [5, 5.41) is 0.637. The molecule has 1 aromatic heterocycles. The molecule has 0 saturated heterocycles. The number of nitrogens with one attached hydrogen (secondary N) is 1. The first-order valence-corrected chi connectivity index (χ1v) is 7.91. The van der Waals surface area contributed by atoms with Gasteiger partial charge in [-0.3, -0.25) is 9.69 Å². The van der Waals surface area contributed by atoms with Crippen LogP contribution in [0.2, 0.25) is 0 Å². The number of para-hydroxylation sites is 1. The highest BCUT2D eigenvalue weighted by Crippen LogP contribution is 2.10. The number of aryl methyl sites for hydroxylation is 1. The molecule has 0 bridgehead atoms. The molecule has 4 nitrogen and oxygen atoms in total. The average Bonchev–Trinajstić information content (AvgIpc) is 2.56. The fraction of sp³-hybridized carbons (Fsp3) is 0.263. The van der Waals surface area contributed by atoms with Gasteiger partial charge in [0.1, 0.15) is 5.82 Å². The SMILES string of the molecule is CCN(Cc1ccc(C)cc1)Cc1nc2ccccc2c(=O)[nH]1. The van der Waals surface area contributed by atoms with Crippen molar-refractivity contribution in [2.24, 2.45) is 0 Å². The number of aromatic amines is 1. The Hall–Kier alpha value is -2.46. The van der Waals surface area contributed by atoms with Crippen LogP contribution in [0, 0.1) is 6.92 Å². The summed E-state index contributed by atoms with van der Waals surface area (Å²) < 4.78 is 0. The van der Waals surface area contributed by atoms with Crippen LogP contribution < -0.4 is 5.56 Å². The predicted octanol–water partition coefficient (Wildman–Crippen LogP) is 3.25. The first-order chi connectivity index (χ1) is 11.2.